The molecule has 0 bridgehead atoms. The topological polar surface area (TPSA) is 88.2 Å². The number of nitrogens with zero attached hydrogens (tertiary/aromatic N) is 2. The van der Waals surface area contributed by atoms with Crippen molar-refractivity contribution in [2.75, 3.05) is 20.2 Å². The van der Waals surface area contributed by atoms with Gasteiger partial charge < -0.3 is 20.6 Å². The van der Waals surface area contributed by atoms with Crippen LogP contribution in [0.25, 0.3) is 0 Å². The Kier molecular flexibility index (Phi) is 6.24. The van der Waals surface area contributed by atoms with E-state index >= 15 is 0 Å². The first kappa shape index (κ1) is 13.5. The van der Waals surface area contributed by atoms with E-state index in [1.807, 2.05) is 13.8 Å². The highest BCUT2D eigenvalue weighted by Gasteiger charge is 2.10. The van der Waals surface area contributed by atoms with Crippen molar-refractivity contribution in [3.8, 4) is 0 Å². The van der Waals surface area contributed by atoms with Gasteiger partial charge in [-0.2, -0.15) is 0 Å². The van der Waals surface area contributed by atoms with Gasteiger partial charge in [0.25, 0.3) is 0 Å². The predicted octanol–water partition coefficient (Wildman–Crippen LogP) is 0.847. The van der Waals surface area contributed by atoms with Crippen LogP contribution in [0.2, 0.25) is 0 Å². The highest BCUT2D eigenvalue weighted by molar-refractivity contribution is 5.80. The van der Waals surface area contributed by atoms with Gasteiger partial charge in [0, 0.05) is 20.0 Å². The minimum Gasteiger partial charge on any atom is -0.449 e. The van der Waals surface area contributed by atoms with Gasteiger partial charge in [-0.05, 0) is 5.92 Å². The quantitative estimate of drug-likeness (QED) is 0.309. The Morgan fingerprint density at radius 1 is 1.60 bits per heavy atom. The molecule has 15 heavy (non-hydrogen) atoms. The van der Waals surface area contributed by atoms with Crippen LogP contribution >= 0.6 is 0 Å². The number of hydrogen-bond donors (Lipinski definition) is 2. The molecule has 0 aromatic carbocycles. The second kappa shape index (κ2) is 6.92. The van der Waals surface area contributed by atoms with E-state index in [4.69, 9.17) is 15.7 Å². The van der Waals surface area contributed by atoms with Gasteiger partial charge in [0.15, 0.2) is 0 Å². The average molecular weight is 217 g/mol. The predicted molar refractivity (Wildman–Crippen MR) is 56.8 cm³/mol. The average Bonchev–Trinajstić information content (AvgIpc) is 2.21. The Hall–Kier alpha value is -1.46. The molecule has 0 atom stereocenters. The van der Waals surface area contributed by atoms with Crippen LogP contribution in [-0.4, -0.2) is 42.2 Å². The van der Waals surface area contributed by atoms with E-state index in [2.05, 4.69) is 5.16 Å². The monoisotopic (exact) mass is 217 g/mol. The van der Waals surface area contributed by atoms with E-state index in [1.54, 1.807) is 7.05 Å². The second-order valence-corrected chi connectivity index (χ2v) is 3.73. The third-order valence-electron chi connectivity index (χ3n) is 1.68. The van der Waals surface area contributed by atoms with E-state index < -0.39 is 6.09 Å². The number of rotatable bonds is 5. The van der Waals surface area contributed by atoms with Gasteiger partial charge in [-0.1, -0.05) is 19.0 Å². The van der Waals surface area contributed by atoms with Gasteiger partial charge in [0.2, 0.25) is 0 Å². The van der Waals surface area contributed by atoms with Crippen LogP contribution in [0.4, 0.5) is 4.79 Å². The van der Waals surface area contributed by atoms with Crippen molar-refractivity contribution >= 4 is 11.9 Å². The lowest BCUT2D eigenvalue weighted by molar-refractivity contribution is 0.101. The lowest BCUT2D eigenvalue weighted by atomic mass is 10.2. The molecule has 0 unspecified atom stereocenters. The zero-order valence-electron chi connectivity index (χ0n) is 9.43. The third-order valence-corrected chi connectivity index (χ3v) is 1.68. The number of ether oxygens (including phenoxy) is 1. The molecule has 0 spiro atoms. The summed E-state index contributed by atoms with van der Waals surface area (Å²) in [5.41, 5.74) is 5.26. The zero-order valence-corrected chi connectivity index (χ0v) is 9.43. The molecular weight excluding hydrogens is 198 g/mol. The van der Waals surface area contributed by atoms with Gasteiger partial charge in [0.1, 0.15) is 5.84 Å². The van der Waals surface area contributed by atoms with Gasteiger partial charge in [0.05, 0.1) is 6.61 Å². The summed E-state index contributed by atoms with van der Waals surface area (Å²) in [5.74, 6) is 0.407. The molecule has 0 fully saturated rings. The smallest absolute Gasteiger partial charge is 0.409 e. The first-order valence-corrected chi connectivity index (χ1v) is 4.81. The van der Waals surface area contributed by atoms with Crippen molar-refractivity contribution in [2.24, 2.45) is 16.8 Å². The Bertz CT molecular complexity index is 229. The molecule has 0 rings (SSSR count). The van der Waals surface area contributed by atoms with E-state index in [0.717, 1.165) is 0 Å². The summed E-state index contributed by atoms with van der Waals surface area (Å²) in [6.07, 6.45) is -0.0708. The van der Waals surface area contributed by atoms with Gasteiger partial charge in [-0.25, -0.2) is 4.79 Å². The lowest BCUT2D eigenvalue weighted by Crippen LogP contribution is -2.31. The minimum absolute atomic E-state index is 0.0958. The summed E-state index contributed by atoms with van der Waals surface area (Å²) >= 11 is 0. The summed E-state index contributed by atoms with van der Waals surface area (Å²) in [5, 5.41) is 11.1. The molecule has 0 saturated heterocycles. The summed E-state index contributed by atoms with van der Waals surface area (Å²) < 4.78 is 4.97. The van der Waals surface area contributed by atoms with Crippen LogP contribution in [0.5, 0.6) is 0 Å². The molecule has 0 heterocycles. The van der Waals surface area contributed by atoms with Crippen LogP contribution in [0.15, 0.2) is 5.16 Å². The second-order valence-electron chi connectivity index (χ2n) is 3.73. The summed E-state index contributed by atoms with van der Waals surface area (Å²) in [7, 11) is 1.60. The van der Waals surface area contributed by atoms with Crippen molar-refractivity contribution in [1.82, 2.24) is 4.90 Å². The fourth-order valence-corrected chi connectivity index (χ4v) is 0.772. The fraction of sp³-hybridized carbons (Fsp3) is 0.778. The summed E-state index contributed by atoms with van der Waals surface area (Å²) in [6.45, 7) is 4.69. The molecule has 88 valence electrons. The first-order valence-electron chi connectivity index (χ1n) is 4.81. The Labute approximate surface area is 89.7 Å². The van der Waals surface area contributed by atoms with E-state index in [1.165, 1.54) is 4.90 Å². The maximum atomic E-state index is 11.3. The Balaban J connectivity index is 3.79. The maximum Gasteiger partial charge on any atom is 0.409 e. The highest BCUT2D eigenvalue weighted by Crippen LogP contribution is 1.97. The molecule has 0 saturated carbocycles. The van der Waals surface area contributed by atoms with E-state index in [9.17, 15) is 4.79 Å². The van der Waals surface area contributed by atoms with Crippen LogP contribution in [0.1, 0.15) is 20.3 Å². The summed E-state index contributed by atoms with van der Waals surface area (Å²) in [6, 6.07) is 0. The molecule has 0 aliphatic heterocycles. The maximum absolute atomic E-state index is 11.3. The number of nitrogens with two attached hydrogens (primary N) is 1. The molecule has 3 N–H and O–H groups in total. The van der Waals surface area contributed by atoms with Crippen molar-refractivity contribution in [2.45, 2.75) is 20.3 Å². The van der Waals surface area contributed by atoms with E-state index in [0.29, 0.717) is 25.5 Å². The molecule has 0 aromatic rings. The SMILES string of the molecule is CC(C)COC(=O)N(C)CC/C(N)=N/O. The van der Waals surface area contributed by atoms with Gasteiger partial charge in [-0.15, -0.1) is 0 Å². The lowest BCUT2D eigenvalue weighted by Gasteiger charge is -2.17. The van der Waals surface area contributed by atoms with Crippen LogP contribution in [0, 0.1) is 5.92 Å². The zero-order chi connectivity index (χ0) is 11.8. The Morgan fingerprint density at radius 3 is 2.67 bits per heavy atom. The number of amidine groups is 1. The molecule has 0 aliphatic carbocycles. The molecular formula is C9H19N3O3. The van der Waals surface area contributed by atoms with Crippen LogP contribution in [-0.2, 0) is 4.74 Å². The minimum atomic E-state index is -0.394. The third kappa shape index (κ3) is 6.59. The molecule has 6 heteroatoms. The normalized spacial score (nSPS) is 11.6. The van der Waals surface area contributed by atoms with Crippen molar-refractivity contribution < 1.29 is 14.7 Å². The van der Waals surface area contributed by atoms with Crippen LogP contribution in [0.3, 0.4) is 0 Å². The van der Waals surface area contributed by atoms with Crippen molar-refractivity contribution in [3.05, 3.63) is 0 Å². The highest BCUT2D eigenvalue weighted by atomic mass is 16.6. The van der Waals surface area contributed by atoms with Gasteiger partial charge >= 0.3 is 6.09 Å². The fourth-order valence-electron chi connectivity index (χ4n) is 0.772. The van der Waals surface area contributed by atoms with Crippen LogP contribution < -0.4 is 5.73 Å². The van der Waals surface area contributed by atoms with E-state index in [-0.39, 0.29) is 5.84 Å². The number of oxime groups is 1. The molecule has 1 amide bonds. The number of hydrogen-bond acceptors (Lipinski definition) is 4. The number of carbonyl (C=O) groups is 1. The number of amides is 1. The largest absolute Gasteiger partial charge is 0.449 e. The molecule has 6 nitrogen and oxygen atoms in total. The Morgan fingerprint density at radius 2 is 2.20 bits per heavy atom. The standard InChI is InChI=1S/C9H19N3O3/c1-7(2)6-15-9(13)12(3)5-4-8(10)11-14/h7,14H,4-6H2,1-3H3,(H2,10,11). The van der Waals surface area contributed by atoms with Crippen molar-refractivity contribution in [3.63, 3.8) is 0 Å². The number of carbonyl (C=O) groups excluding carboxylic acids is 1. The molecule has 0 radical (unpaired) electrons. The first-order chi connectivity index (χ1) is 6.97. The molecule has 0 aromatic heterocycles. The molecule has 0 aliphatic rings. The van der Waals surface area contributed by atoms with Crippen molar-refractivity contribution in [1.29, 1.82) is 0 Å². The van der Waals surface area contributed by atoms with Gasteiger partial charge in [-0.3, -0.25) is 0 Å². The summed E-state index contributed by atoms with van der Waals surface area (Å²) in [4.78, 5) is 12.7.